The van der Waals surface area contributed by atoms with Crippen LogP contribution in [-0.2, 0) is 56.0 Å². The van der Waals surface area contributed by atoms with Crippen molar-refractivity contribution in [2.24, 2.45) is 35.1 Å². The maximum Gasteiger partial charge on any atom is 0.326 e. The molecule has 3 aromatic rings. The average molecular weight is 1080 g/mol. The number of nitrogens with two attached hydrogens (primary N) is 2. The number of imidazole rings is 1. The maximum atomic E-state index is 14.6. The van der Waals surface area contributed by atoms with Crippen LogP contribution < -0.4 is 48.7 Å². The van der Waals surface area contributed by atoms with E-state index in [9.17, 15) is 53.4 Å². The number of aromatic nitrogens is 3. The molecular formula is C53H83N13O11. The number of likely N-dealkylation sites (tertiary alicyclic amines) is 1. The van der Waals surface area contributed by atoms with E-state index in [0.29, 0.717) is 49.9 Å². The Morgan fingerprint density at radius 1 is 0.727 bits per heavy atom. The van der Waals surface area contributed by atoms with Crippen LogP contribution in [0.15, 0.2) is 43.0 Å². The minimum absolute atomic E-state index is 0.0316. The molecule has 1 aromatic carbocycles. The summed E-state index contributed by atoms with van der Waals surface area (Å²) in [6.45, 7) is 13.7. The number of hydrogen-bond donors (Lipinski definition) is 13. The lowest BCUT2D eigenvalue weighted by Crippen LogP contribution is -2.62. The van der Waals surface area contributed by atoms with Gasteiger partial charge in [-0.25, -0.2) is 9.78 Å². The van der Waals surface area contributed by atoms with Crippen molar-refractivity contribution in [3.05, 3.63) is 54.2 Å². The molecule has 426 valence electrons. The number of amides is 8. The lowest BCUT2D eigenvalue weighted by atomic mass is 9.95. The molecule has 2 aromatic heterocycles. The summed E-state index contributed by atoms with van der Waals surface area (Å²) in [4.78, 5) is 136. The van der Waals surface area contributed by atoms with Crippen molar-refractivity contribution >= 4 is 64.1 Å². The average Bonchev–Trinajstić information content (AvgIpc) is 4.19. The van der Waals surface area contributed by atoms with E-state index in [1.165, 1.54) is 17.4 Å². The molecule has 4 rings (SSSR count). The van der Waals surface area contributed by atoms with Gasteiger partial charge >= 0.3 is 5.97 Å². The first-order chi connectivity index (χ1) is 36.5. The van der Waals surface area contributed by atoms with Gasteiger partial charge in [0.25, 0.3) is 0 Å². The number of para-hydroxylation sites is 1. The summed E-state index contributed by atoms with van der Waals surface area (Å²) in [6, 6.07) is -3.72. The Kier molecular flexibility index (Phi) is 24.5. The molecule has 1 fully saturated rings. The SMILES string of the molecule is CC[C@H](C)[C@H](NC(=O)[C@@H](NC(=O)[C@@H]1CCCN1C(=O)[C@H](Cc1cnc[nH]1)NC(=O)[C@@H](NC(=O)[C@@H](N)CCCCN)C(C)C)C(C)C)C(=O)N[C@@H](Cc1c[nH]c2ccccc12)C(=O)N[C@@H](CO)C(=O)N[C@@H](CC(C)C)C(=O)O. The Labute approximate surface area is 449 Å². The molecule has 0 radical (unpaired) electrons. The van der Waals surface area contributed by atoms with Crippen LogP contribution in [-0.4, -0.2) is 157 Å². The number of carboxylic acids is 1. The second kappa shape index (κ2) is 30.1. The van der Waals surface area contributed by atoms with Gasteiger partial charge in [-0.05, 0) is 74.0 Å². The van der Waals surface area contributed by atoms with Gasteiger partial charge in [-0.1, -0.05) is 86.4 Å². The van der Waals surface area contributed by atoms with Crippen molar-refractivity contribution in [1.82, 2.24) is 57.1 Å². The highest BCUT2D eigenvalue weighted by molar-refractivity contribution is 5.99. The number of aliphatic carboxylic acids is 1. The normalized spacial score (nSPS) is 17.1. The number of aromatic amines is 2. The van der Waals surface area contributed by atoms with Crippen LogP contribution in [0.5, 0.6) is 0 Å². The second-order valence-corrected chi connectivity index (χ2v) is 21.2. The third kappa shape index (κ3) is 18.1. The van der Waals surface area contributed by atoms with Crippen LogP contribution >= 0.6 is 0 Å². The number of aliphatic hydroxyl groups excluding tert-OH is 1. The van der Waals surface area contributed by atoms with Crippen LogP contribution in [0, 0.1) is 23.7 Å². The highest BCUT2D eigenvalue weighted by Gasteiger charge is 2.42. The zero-order valence-corrected chi connectivity index (χ0v) is 45.7. The maximum absolute atomic E-state index is 14.6. The fraction of sp³-hybridized carbons (Fsp3) is 0.623. The third-order valence-corrected chi connectivity index (χ3v) is 13.9. The van der Waals surface area contributed by atoms with E-state index in [1.54, 1.807) is 67.7 Å². The topological polar surface area (TPSA) is 378 Å². The smallest absolute Gasteiger partial charge is 0.326 e. The Morgan fingerprint density at radius 3 is 1.94 bits per heavy atom. The molecule has 0 saturated carbocycles. The molecule has 0 unspecified atom stereocenters. The van der Waals surface area contributed by atoms with Crippen LogP contribution in [0.3, 0.4) is 0 Å². The molecule has 1 aliphatic rings. The third-order valence-electron chi connectivity index (χ3n) is 13.9. The number of nitrogens with zero attached hydrogens (tertiary/aromatic N) is 2. The van der Waals surface area contributed by atoms with Gasteiger partial charge in [0.05, 0.1) is 19.0 Å². The van der Waals surface area contributed by atoms with E-state index in [4.69, 9.17) is 11.5 Å². The molecule has 8 amide bonds. The summed E-state index contributed by atoms with van der Waals surface area (Å²) in [6.07, 6.45) is 7.25. The van der Waals surface area contributed by atoms with E-state index >= 15 is 0 Å². The Hall–Kier alpha value is -6.92. The monoisotopic (exact) mass is 1080 g/mol. The molecule has 77 heavy (non-hydrogen) atoms. The Balaban J connectivity index is 1.55. The molecule has 3 heterocycles. The van der Waals surface area contributed by atoms with Gasteiger partial charge in [-0.2, -0.15) is 0 Å². The number of fused-ring (bicyclic) bond motifs is 1. The van der Waals surface area contributed by atoms with Crippen LogP contribution in [0.1, 0.15) is 112 Å². The van der Waals surface area contributed by atoms with Crippen LogP contribution in [0.25, 0.3) is 10.9 Å². The highest BCUT2D eigenvalue weighted by atomic mass is 16.4. The van der Waals surface area contributed by atoms with Crippen molar-refractivity contribution in [3.8, 4) is 0 Å². The Morgan fingerprint density at radius 2 is 1.32 bits per heavy atom. The van der Waals surface area contributed by atoms with Gasteiger partial charge in [0.1, 0.15) is 48.3 Å². The molecule has 0 aliphatic carbocycles. The van der Waals surface area contributed by atoms with E-state index in [0.717, 1.165) is 10.9 Å². The molecule has 0 bridgehead atoms. The number of H-pyrrole nitrogens is 2. The van der Waals surface area contributed by atoms with Crippen LogP contribution in [0.2, 0.25) is 0 Å². The van der Waals surface area contributed by atoms with Crippen molar-refractivity contribution in [1.29, 1.82) is 0 Å². The standard InChI is InChI=1S/C53H83N13O11/c1-9-31(8)44(51(74)59-37(22-32-24-57-36-17-11-10-15-34(32)36)46(69)62-40(26-67)47(70)61-39(53(76)77)21-28(2)3)65-50(73)43(30(6)7)64-48(71)41-18-14-20-66(41)52(75)38(23-33-25-56-27-58-33)60-49(72)42(29(4)5)63-45(68)35(55)16-12-13-19-54/h10-11,15,17,24-25,27-31,35,37-44,57,67H,9,12-14,16,18-23,26,54-55H2,1-8H3,(H,56,58)(H,59,74)(H,60,72)(H,61,70)(H,62,69)(H,63,68)(H,64,71)(H,65,73)(H,76,77)/t31-,35-,37-,38-,39-,40-,41-,42-,43-,44-/m0/s1. The van der Waals surface area contributed by atoms with Gasteiger partial charge < -0.3 is 73.8 Å². The first-order valence-electron chi connectivity index (χ1n) is 26.8. The van der Waals surface area contributed by atoms with E-state index in [-0.39, 0.29) is 38.1 Å². The molecule has 1 aliphatic heterocycles. The summed E-state index contributed by atoms with van der Waals surface area (Å²) in [5.74, 6) is -8.57. The van der Waals surface area contributed by atoms with Crippen molar-refractivity contribution < 1.29 is 53.4 Å². The van der Waals surface area contributed by atoms with Gasteiger partial charge in [-0.15, -0.1) is 0 Å². The summed E-state index contributed by atoms with van der Waals surface area (Å²) in [5, 5.41) is 39.5. The number of carboxylic acid groups (broad SMARTS) is 1. The number of aliphatic hydroxyl groups is 1. The zero-order valence-electron chi connectivity index (χ0n) is 45.7. The Bertz CT molecular complexity index is 2460. The van der Waals surface area contributed by atoms with Gasteiger partial charge in [0.2, 0.25) is 47.3 Å². The lowest BCUT2D eigenvalue weighted by Gasteiger charge is -2.32. The first-order valence-corrected chi connectivity index (χ1v) is 26.8. The van der Waals surface area contributed by atoms with Crippen LogP contribution in [0.4, 0.5) is 0 Å². The van der Waals surface area contributed by atoms with E-state index in [1.807, 2.05) is 18.2 Å². The van der Waals surface area contributed by atoms with E-state index in [2.05, 4.69) is 52.2 Å². The molecule has 10 atom stereocenters. The summed E-state index contributed by atoms with van der Waals surface area (Å²) in [5.41, 5.74) is 13.6. The zero-order chi connectivity index (χ0) is 57.1. The number of nitrogens with one attached hydrogen (secondary N) is 9. The number of carbonyl (C=O) groups excluding carboxylic acids is 8. The largest absolute Gasteiger partial charge is 0.480 e. The first kappa shape index (κ1) is 62.6. The van der Waals surface area contributed by atoms with Gasteiger partial charge in [0, 0.05) is 48.4 Å². The van der Waals surface area contributed by atoms with Gasteiger partial charge in [-0.3, -0.25) is 38.4 Å². The molecule has 1 saturated heterocycles. The molecule has 15 N–H and O–H groups in total. The lowest BCUT2D eigenvalue weighted by molar-refractivity contribution is -0.143. The molecule has 24 heteroatoms. The number of hydrogen-bond acceptors (Lipinski definition) is 13. The summed E-state index contributed by atoms with van der Waals surface area (Å²) >= 11 is 0. The molecule has 24 nitrogen and oxygen atoms in total. The predicted molar refractivity (Wildman–Crippen MR) is 287 cm³/mol. The van der Waals surface area contributed by atoms with Crippen molar-refractivity contribution in [3.63, 3.8) is 0 Å². The molecular weight excluding hydrogens is 995 g/mol. The number of rotatable bonds is 31. The highest BCUT2D eigenvalue weighted by Crippen LogP contribution is 2.23. The number of benzene rings is 1. The summed E-state index contributed by atoms with van der Waals surface area (Å²) in [7, 11) is 0. The van der Waals surface area contributed by atoms with Crippen molar-refractivity contribution in [2.75, 3.05) is 19.7 Å². The van der Waals surface area contributed by atoms with E-state index < -0.39 is 132 Å². The number of unbranched alkanes of at least 4 members (excludes halogenated alkanes) is 1. The van der Waals surface area contributed by atoms with Gasteiger partial charge in [0.15, 0.2) is 0 Å². The molecule has 0 spiro atoms. The fourth-order valence-corrected chi connectivity index (χ4v) is 9.17. The number of carbonyl (C=O) groups is 9. The second-order valence-electron chi connectivity index (χ2n) is 21.2. The van der Waals surface area contributed by atoms with Crippen molar-refractivity contribution in [2.45, 2.75) is 168 Å². The fourth-order valence-electron chi connectivity index (χ4n) is 9.17. The minimum atomic E-state index is -1.59. The minimum Gasteiger partial charge on any atom is -0.480 e. The summed E-state index contributed by atoms with van der Waals surface area (Å²) < 4.78 is 0. The quantitative estimate of drug-likeness (QED) is 0.0378. The predicted octanol–water partition coefficient (Wildman–Crippen LogP) is -0.00180.